The van der Waals surface area contributed by atoms with Gasteiger partial charge in [0.2, 0.25) is 0 Å². The highest BCUT2D eigenvalue weighted by atomic mass is 32.2. The molecule has 1 aliphatic heterocycles. The molecule has 0 saturated carbocycles. The van der Waals surface area contributed by atoms with Gasteiger partial charge in [0.1, 0.15) is 0 Å². The zero-order valence-corrected chi connectivity index (χ0v) is 11.6. The summed E-state index contributed by atoms with van der Waals surface area (Å²) in [5.41, 5.74) is 1.53. The predicted molar refractivity (Wildman–Crippen MR) is 75.8 cm³/mol. The normalized spacial score (nSPS) is 18.6. The molecule has 1 aromatic rings. The molecule has 1 heterocycles. The minimum absolute atomic E-state index is 0.728. The lowest BCUT2D eigenvalue weighted by atomic mass is 10.1. The topological polar surface area (TPSA) is 15.3 Å². The molecule has 1 atom stereocenters. The fourth-order valence-electron chi connectivity index (χ4n) is 2.15. The summed E-state index contributed by atoms with van der Waals surface area (Å²) in [6.07, 6.45) is 2.46. The van der Waals surface area contributed by atoms with Gasteiger partial charge in [-0.1, -0.05) is 18.2 Å². The molecule has 2 rings (SSSR count). The molecule has 0 aliphatic carbocycles. The van der Waals surface area contributed by atoms with Gasteiger partial charge in [0.15, 0.2) is 0 Å². The number of nitrogens with one attached hydrogen (secondary N) is 1. The van der Waals surface area contributed by atoms with Crippen LogP contribution in [0.15, 0.2) is 29.2 Å². The van der Waals surface area contributed by atoms with E-state index >= 15 is 0 Å². The van der Waals surface area contributed by atoms with E-state index in [1.54, 1.807) is 0 Å². The first-order chi connectivity index (χ1) is 8.25. The Morgan fingerprint density at radius 1 is 1.35 bits per heavy atom. The Hall–Kier alpha value is -0.510. The van der Waals surface area contributed by atoms with Crippen LogP contribution in [0.3, 0.4) is 0 Å². The van der Waals surface area contributed by atoms with Gasteiger partial charge >= 0.3 is 0 Å². The van der Waals surface area contributed by atoms with Crippen molar-refractivity contribution in [3.05, 3.63) is 29.8 Å². The standard InChI is InChI=1S/C14H22N2S/c1-16(2)9-5-8-15-11-13-10-12-6-3-4-7-14(12)17-13/h3-4,6-7,13,15H,5,8-11H2,1-2H3. The third-order valence-electron chi connectivity index (χ3n) is 3.04. The highest BCUT2D eigenvalue weighted by Gasteiger charge is 2.20. The number of fused-ring (bicyclic) bond motifs is 1. The third kappa shape index (κ3) is 4.02. The van der Waals surface area contributed by atoms with Crippen LogP contribution in [0.2, 0.25) is 0 Å². The smallest absolute Gasteiger partial charge is 0.0260 e. The van der Waals surface area contributed by atoms with Gasteiger partial charge < -0.3 is 10.2 Å². The van der Waals surface area contributed by atoms with Gasteiger partial charge in [-0.05, 0) is 51.7 Å². The average molecular weight is 250 g/mol. The van der Waals surface area contributed by atoms with E-state index in [0.717, 1.165) is 18.3 Å². The summed E-state index contributed by atoms with van der Waals surface area (Å²) in [7, 11) is 4.26. The molecule has 0 aromatic heterocycles. The van der Waals surface area contributed by atoms with Crippen molar-refractivity contribution in [2.75, 3.05) is 33.7 Å². The maximum Gasteiger partial charge on any atom is 0.0260 e. The first-order valence-electron chi connectivity index (χ1n) is 6.35. The Morgan fingerprint density at radius 2 is 2.18 bits per heavy atom. The second kappa shape index (κ2) is 6.43. The number of hydrogen-bond acceptors (Lipinski definition) is 3. The van der Waals surface area contributed by atoms with Crippen molar-refractivity contribution in [3.8, 4) is 0 Å². The van der Waals surface area contributed by atoms with Crippen LogP contribution in [-0.2, 0) is 6.42 Å². The fourth-order valence-corrected chi connectivity index (χ4v) is 3.43. The van der Waals surface area contributed by atoms with Crippen LogP contribution in [-0.4, -0.2) is 43.9 Å². The Kier molecular flexibility index (Phi) is 4.89. The van der Waals surface area contributed by atoms with Crippen molar-refractivity contribution >= 4 is 11.8 Å². The van der Waals surface area contributed by atoms with Crippen molar-refractivity contribution in [2.45, 2.75) is 23.0 Å². The molecule has 0 spiro atoms. The van der Waals surface area contributed by atoms with Gasteiger partial charge in [-0.3, -0.25) is 0 Å². The van der Waals surface area contributed by atoms with Crippen molar-refractivity contribution in [1.29, 1.82) is 0 Å². The molecule has 0 fully saturated rings. The van der Waals surface area contributed by atoms with Crippen molar-refractivity contribution in [3.63, 3.8) is 0 Å². The highest BCUT2D eigenvalue weighted by molar-refractivity contribution is 8.00. The third-order valence-corrected chi connectivity index (χ3v) is 4.36. The first-order valence-corrected chi connectivity index (χ1v) is 7.23. The van der Waals surface area contributed by atoms with E-state index in [-0.39, 0.29) is 0 Å². The highest BCUT2D eigenvalue weighted by Crippen LogP contribution is 2.36. The molecule has 1 N–H and O–H groups in total. The lowest BCUT2D eigenvalue weighted by Crippen LogP contribution is -2.27. The molecular weight excluding hydrogens is 228 g/mol. The average Bonchev–Trinajstić information content (AvgIpc) is 2.70. The lowest BCUT2D eigenvalue weighted by Gasteiger charge is -2.12. The molecule has 0 radical (unpaired) electrons. The van der Waals surface area contributed by atoms with Gasteiger partial charge in [-0.15, -0.1) is 11.8 Å². The molecule has 1 aliphatic rings. The van der Waals surface area contributed by atoms with Crippen molar-refractivity contribution in [1.82, 2.24) is 10.2 Å². The number of nitrogens with zero attached hydrogens (tertiary/aromatic N) is 1. The maximum absolute atomic E-state index is 3.57. The quantitative estimate of drug-likeness (QED) is 0.780. The Bertz CT molecular complexity index is 327. The van der Waals surface area contributed by atoms with Crippen LogP contribution in [0.5, 0.6) is 0 Å². The van der Waals surface area contributed by atoms with Gasteiger partial charge in [0.25, 0.3) is 0 Å². The second-order valence-electron chi connectivity index (χ2n) is 4.91. The molecule has 1 unspecified atom stereocenters. The Morgan fingerprint density at radius 3 is 2.94 bits per heavy atom. The van der Waals surface area contributed by atoms with Crippen molar-refractivity contribution < 1.29 is 0 Å². The summed E-state index contributed by atoms with van der Waals surface area (Å²) in [6, 6.07) is 8.78. The van der Waals surface area contributed by atoms with Crippen LogP contribution in [0.4, 0.5) is 0 Å². The summed E-state index contributed by atoms with van der Waals surface area (Å²) in [4.78, 5) is 3.72. The molecule has 94 valence electrons. The van der Waals surface area contributed by atoms with E-state index in [0.29, 0.717) is 0 Å². The molecule has 0 amide bonds. The molecule has 17 heavy (non-hydrogen) atoms. The maximum atomic E-state index is 3.57. The number of rotatable bonds is 6. The van der Waals surface area contributed by atoms with E-state index in [9.17, 15) is 0 Å². The summed E-state index contributed by atoms with van der Waals surface area (Å²) in [6.45, 7) is 3.43. The van der Waals surface area contributed by atoms with Gasteiger partial charge in [0.05, 0.1) is 0 Å². The largest absolute Gasteiger partial charge is 0.316 e. The van der Waals surface area contributed by atoms with Crippen LogP contribution >= 0.6 is 11.8 Å². The summed E-state index contributed by atoms with van der Waals surface area (Å²) >= 11 is 2.03. The SMILES string of the molecule is CN(C)CCCNCC1Cc2ccccc2S1. The van der Waals surface area contributed by atoms with Crippen LogP contribution in [0, 0.1) is 0 Å². The predicted octanol–water partition coefficient (Wildman–Crippen LogP) is 2.24. The minimum Gasteiger partial charge on any atom is -0.316 e. The first kappa shape index (κ1) is 12.9. The molecule has 0 saturated heterocycles. The van der Waals surface area contributed by atoms with Crippen LogP contribution in [0.25, 0.3) is 0 Å². The Labute approximate surface area is 109 Å². The summed E-state index contributed by atoms with van der Waals surface area (Å²) in [5, 5.41) is 4.30. The monoisotopic (exact) mass is 250 g/mol. The summed E-state index contributed by atoms with van der Waals surface area (Å²) in [5.74, 6) is 0. The molecule has 2 nitrogen and oxygen atoms in total. The number of hydrogen-bond donors (Lipinski definition) is 1. The molecule has 3 heteroatoms. The molecule has 0 bridgehead atoms. The minimum atomic E-state index is 0.728. The molecular formula is C14H22N2S. The zero-order valence-electron chi connectivity index (χ0n) is 10.8. The van der Waals surface area contributed by atoms with Gasteiger partial charge in [-0.25, -0.2) is 0 Å². The van der Waals surface area contributed by atoms with E-state index < -0.39 is 0 Å². The van der Waals surface area contributed by atoms with E-state index in [1.165, 1.54) is 29.8 Å². The summed E-state index contributed by atoms with van der Waals surface area (Å²) < 4.78 is 0. The number of thioether (sulfide) groups is 1. The lowest BCUT2D eigenvalue weighted by molar-refractivity contribution is 0.394. The van der Waals surface area contributed by atoms with Crippen LogP contribution in [0.1, 0.15) is 12.0 Å². The van der Waals surface area contributed by atoms with E-state index in [1.807, 2.05) is 11.8 Å². The Balaban J connectivity index is 1.63. The van der Waals surface area contributed by atoms with E-state index in [4.69, 9.17) is 0 Å². The zero-order chi connectivity index (χ0) is 12.1. The fraction of sp³-hybridized carbons (Fsp3) is 0.571. The number of benzene rings is 1. The van der Waals surface area contributed by atoms with Crippen LogP contribution < -0.4 is 5.32 Å². The second-order valence-corrected chi connectivity index (χ2v) is 6.25. The molecule has 1 aromatic carbocycles. The van der Waals surface area contributed by atoms with Gasteiger partial charge in [-0.2, -0.15) is 0 Å². The van der Waals surface area contributed by atoms with E-state index in [2.05, 4.69) is 48.6 Å². The van der Waals surface area contributed by atoms with Gasteiger partial charge in [0, 0.05) is 16.7 Å². The van der Waals surface area contributed by atoms with Crippen molar-refractivity contribution in [2.24, 2.45) is 0 Å².